The summed E-state index contributed by atoms with van der Waals surface area (Å²) in [5.41, 5.74) is 3.95. The first kappa shape index (κ1) is 8.75. The lowest BCUT2D eigenvalue weighted by Crippen LogP contribution is -2.03. The maximum Gasteiger partial charge on any atom is 0.0656 e. The summed E-state index contributed by atoms with van der Waals surface area (Å²) in [5, 5.41) is 16.1. The Balaban J connectivity index is 2.12. The Morgan fingerprint density at radius 2 is 2.15 bits per heavy atom. The Labute approximate surface area is 78.2 Å². The van der Waals surface area contributed by atoms with Crippen molar-refractivity contribution < 1.29 is 5.11 Å². The molecule has 0 amide bonds. The Bertz CT molecular complexity index is 280. The Hall–Kier alpha value is -0.830. The van der Waals surface area contributed by atoms with E-state index in [4.69, 9.17) is 5.11 Å². The van der Waals surface area contributed by atoms with Crippen molar-refractivity contribution in [3.8, 4) is 0 Å². The number of aliphatic hydroxyl groups is 1. The molecular weight excluding hydrogens is 164 g/mol. The third kappa shape index (κ3) is 1.75. The second kappa shape index (κ2) is 3.92. The van der Waals surface area contributed by atoms with Gasteiger partial charge in [-0.1, -0.05) is 0 Å². The highest BCUT2D eigenvalue weighted by Crippen LogP contribution is 2.22. The van der Waals surface area contributed by atoms with Crippen molar-refractivity contribution in [2.75, 3.05) is 6.61 Å². The topological polar surface area (TPSA) is 48.9 Å². The van der Waals surface area contributed by atoms with Gasteiger partial charge >= 0.3 is 0 Å². The number of hydrogen-bond donors (Lipinski definition) is 2. The molecule has 0 spiro atoms. The molecule has 3 nitrogen and oxygen atoms in total. The molecule has 0 unspecified atom stereocenters. The van der Waals surface area contributed by atoms with Gasteiger partial charge < -0.3 is 5.11 Å². The van der Waals surface area contributed by atoms with Crippen LogP contribution in [-0.2, 0) is 19.3 Å². The number of fused-ring (bicyclic) bond motifs is 1. The molecule has 1 aliphatic carbocycles. The average Bonchev–Trinajstić information content (AvgIpc) is 2.58. The third-order valence-corrected chi connectivity index (χ3v) is 2.71. The van der Waals surface area contributed by atoms with E-state index in [0.29, 0.717) is 0 Å². The molecule has 72 valence electrons. The van der Waals surface area contributed by atoms with Gasteiger partial charge in [0.2, 0.25) is 0 Å². The highest BCUT2D eigenvalue weighted by Gasteiger charge is 2.15. The van der Waals surface area contributed by atoms with Gasteiger partial charge in [0.05, 0.1) is 5.69 Å². The Morgan fingerprint density at radius 1 is 1.31 bits per heavy atom. The maximum atomic E-state index is 8.73. The highest BCUT2D eigenvalue weighted by atomic mass is 16.2. The molecule has 2 N–H and O–H groups in total. The first-order valence-corrected chi connectivity index (χ1v) is 5.07. The van der Waals surface area contributed by atoms with Crippen LogP contribution in [0.5, 0.6) is 0 Å². The average molecular weight is 180 g/mol. The molecule has 2 rings (SSSR count). The molecule has 0 aliphatic heterocycles. The minimum absolute atomic E-state index is 0.272. The summed E-state index contributed by atoms with van der Waals surface area (Å²) in [7, 11) is 0. The first-order valence-electron chi connectivity index (χ1n) is 5.07. The summed E-state index contributed by atoms with van der Waals surface area (Å²) in [6, 6.07) is 0. The smallest absolute Gasteiger partial charge is 0.0656 e. The monoisotopic (exact) mass is 180 g/mol. The molecule has 3 heteroatoms. The van der Waals surface area contributed by atoms with Crippen LogP contribution in [0.1, 0.15) is 36.2 Å². The standard InChI is InChI=1S/C10H16N2O/c13-7-3-6-10-8-4-1-2-5-9(8)11-12-10/h13H,1-7H2,(H,11,12). The molecule has 0 aromatic carbocycles. The van der Waals surface area contributed by atoms with Gasteiger partial charge in [0.15, 0.2) is 0 Å². The number of rotatable bonds is 3. The predicted octanol–water partition coefficient (Wildman–Crippen LogP) is 1.21. The second-order valence-electron chi connectivity index (χ2n) is 3.66. The number of aromatic amines is 1. The molecular formula is C10H16N2O. The number of aliphatic hydroxyl groups excluding tert-OH is 1. The van der Waals surface area contributed by atoms with Gasteiger partial charge in [0, 0.05) is 12.3 Å². The van der Waals surface area contributed by atoms with Crippen LogP contribution in [0.25, 0.3) is 0 Å². The fraction of sp³-hybridized carbons (Fsp3) is 0.700. The zero-order chi connectivity index (χ0) is 9.10. The molecule has 13 heavy (non-hydrogen) atoms. The summed E-state index contributed by atoms with van der Waals surface area (Å²) in [5.74, 6) is 0. The normalized spacial score (nSPS) is 15.8. The zero-order valence-electron chi connectivity index (χ0n) is 7.84. The molecule has 0 bridgehead atoms. The first-order chi connectivity index (χ1) is 6.42. The van der Waals surface area contributed by atoms with Crippen molar-refractivity contribution in [1.82, 2.24) is 10.2 Å². The number of aryl methyl sites for hydroxylation is 2. The van der Waals surface area contributed by atoms with Gasteiger partial charge in [-0.25, -0.2) is 0 Å². The lowest BCUT2D eigenvalue weighted by atomic mass is 9.95. The Kier molecular flexibility index (Phi) is 2.64. The van der Waals surface area contributed by atoms with E-state index in [0.717, 1.165) is 19.3 Å². The lowest BCUT2D eigenvalue weighted by molar-refractivity contribution is 0.288. The van der Waals surface area contributed by atoms with Crippen molar-refractivity contribution in [1.29, 1.82) is 0 Å². The van der Waals surface area contributed by atoms with E-state index in [2.05, 4.69) is 10.2 Å². The largest absolute Gasteiger partial charge is 0.396 e. The van der Waals surface area contributed by atoms with Crippen LogP contribution in [-0.4, -0.2) is 21.9 Å². The van der Waals surface area contributed by atoms with Crippen LogP contribution in [0.2, 0.25) is 0 Å². The number of aromatic nitrogens is 2. The molecule has 1 aliphatic rings. The molecule has 1 aromatic rings. The van der Waals surface area contributed by atoms with E-state index >= 15 is 0 Å². The molecule has 1 aromatic heterocycles. The Morgan fingerprint density at radius 3 is 3.00 bits per heavy atom. The number of H-pyrrole nitrogens is 1. The van der Waals surface area contributed by atoms with Gasteiger partial charge in [-0.05, 0) is 44.1 Å². The minimum Gasteiger partial charge on any atom is -0.396 e. The minimum atomic E-state index is 0.272. The maximum absolute atomic E-state index is 8.73. The lowest BCUT2D eigenvalue weighted by Gasteiger charge is -2.10. The van der Waals surface area contributed by atoms with Crippen LogP contribution in [0, 0.1) is 0 Å². The van der Waals surface area contributed by atoms with Crippen LogP contribution >= 0.6 is 0 Å². The summed E-state index contributed by atoms with van der Waals surface area (Å²) in [4.78, 5) is 0. The molecule has 0 radical (unpaired) electrons. The van der Waals surface area contributed by atoms with Crippen molar-refractivity contribution in [3.63, 3.8) is 0 Å². The van der Waals surface area contributed by atoms with Crippen molar-refractivity contribution >= 4 is 0 Å². The van der Waals surface area contributed by atoms with Crippen LogP contribution in [0.15, 0.2) is 0 Å². The molecule has 0 atom stereocenters. The van der Waals surface area contributed by atoms with E-state index in [1.807, 2.05) is 0 Å². The van der Waals surface area contributed by atoms with Crippen molar-refractivity contribution in [2.45, 2.75) is 38.5 Å². The molecule has 0 fully saturated rings. The summed E-state index contributed by atoms with van der Waals surface area (Å²) in [6.07, 6.45) is 6.65. The van der Waals surface area contributed by atoms with Gasteiger partial charge in [0.1, 0.15) is 0 Å². The van der Waals surface area contributed by atoms with E-state index in [-0.39, 0.29) is 6.61 Å². The van der Waals surface area contributed by atoms with E-state index < -0.39 is 0 Å². The summed E-state index contributed by atoms with van der Waals surface area (Å²) >= 11 is 0. The number of nitrogens with zero attached hydrogens (tertiary/aromatic N) is 1. The van der Waals surface area contributed by atoms with Crippen molar-refractivity contribution in [3.05, 3.63) is 17.0 Å². The third-order valence-electron chi connectivity index (χ3n) is 2.71. The van der Waals surface area contributed by atoms with Gasteiger partial charge in [-0.2, -0.15) is 5.10 Å². The fourth-order valence-corrected chi connectivity index (χ4v) is 2.00. The van der Waals surface area contributed by atoms with E-state index in [1.54, 1.807) is 0 Å². The van der Waals surface area contributed by atoms with E-state index in [1.165, 1.54) is 36.2 Å². The fourth-order valence-electron chi connectivity index (χ4n) is 2.00. The molecule has 1 heterocycles. The summed E-state index contributed by atoms with van der Waals surface area (Å²) < 4.78 is 0. The van der Waals surface area contributed by atoms with Crippen molar-refractivity contribution in [2.24, 2.45) is 0 Å². The predicted molar refractivity (Wildman–Crippen MR) is 50.6 cm³/mol. The molecule has 0 saturated carbocycles. The van der Waals surface area contributed by atoms with Crippen LogP contribution in [0.3, 0.4) is 0 Å². The quantitative estimate of drug-likeness (QED) is 0.734. The highest BCUT2D eigenvalue weighted by molar-refractivity contribution is 5.27. The van der Waals surface area contributed by atoms with Gasteiger partial charge in [0.25, 0.3) is 0 Å². The SMILES string of the molecule is OCCCc1[nH]nc2c1CCCC2. The second-order valence-corrected chi connectivity index (χ2v) is 3.66. The zero-order valence-corrected chi connectivity index (χ0v) is 7.84. The molecule has 0 saturated heterocycles. The van der Waals surface area contributed by atoms with Crippen LogP contribution in [0.4, 0.5) is 0 Å². The number of nitrogens with one attached hydrogen (secondary N) is 1. The van der Waals surface area contributed by atoms with Crippen LogP contribution < -0.4 is 0 Å². The van der Waals surface area contributed by atoms with E-state index in [9.17, 15) is 0 Å². The van der Waals surface area contributed by atoms with Gasteiger partial charge in [-0.15, -0.1) is 0 Å². The summed E-state index contributed by atoms with van der Waals surface area (Å²) in [6.45, 7) is 0.272. The number of hydrogen-bond acceptors (Lipinski definition) is 2. The van der Waals surface area contributed by atoms with Gasteiger partial charge in [-0.3, -0.25) is 5.10 Å².